The molecule has 1 aliphatic rings. The van der Waals surface area contributed by atoms with Gasteiger partial charge in [-0.25, -0.2) is 23.7 Å². The van der Waals surface area contributed by atoms with Gasteiger partial charge in [0.2, 0.25) is 0 Å². The average Bonchev–Trinajstić information content (AvgIpc) is 3.52. The van der Waals surface area contributed by atoms with Crippen molar-refractivity contribution in [3.05, 3.63) is 59.5 Å². The number of rotatable bonds is 5. The fourth-order valence-corrected chi connectivity index (χ4v) is 3.43. The lowest BCUT2D eigenvalue weighted by Gasteiger charge is -2.31. The fourth-order valence-electron chi connectivity index (χ4n) is 3.43. The number of nitriles is 1. The molecule has 0 radical (unpaired) electrons. The number of nitrogens with one attached hydrogen (secondary N) is 1. The molecule has 2 heterocycles. The van der Waals surface area contributed by atoms with Crippen LogP contribution in [0.25, 0.3) is 11.0 Å². The normalized spacial score (nSPS) is 15.6. The standard InChI is InChI=1S/C23H23F2N5/c1-21(2,3)23(24,25)16-6-4-5-15(9-16)11-27-19-18-10-17(22(13-26)7-8-22)12-28-20(18)30-14-29-19/h4-6,9-10,12,14H,7-8,11H2,1-3H3,(H,27,28,29,30). The van der Waals surface area contributed by atoms with Crippen LogP contribution in [0, 0.1) is 16.7 Å². The number of hydrogen-bond acceptors (Lipinski definition) is 5. The van der Waals surface area contributed by atoms with Gasteiger partial charge in [-0.3, -0.25) is 0 Å². The van der Waals surface area contributed by atoms with E-state index in [1.807, 2.05) is 6.07 Å². The number of pyridine rings is 1. The Bertz CT molecular complexity index is 1140. The summed E-state index contributed by atoms with van der Waals surface area (Å²) in [7, 11) is 0. The van der Waals surface area contributed by atoms with Crippen molar-refractivity contribution in [3.63, 3.8) is 0 Å². The van der Waals surface area contributed by atoms with E-state index in [-0.39, 0.29) is 5.56 Å². The molecule has 0 saturated heterocycles. The Balaban J connectivity index is 1.61. The number of nitrogens with zero attached hydrogens (tertiary/aromatic N) is 4. The van der Waals surface area contributed by atoms with Crippen molar-refractivity contribution in [1.29, 1.82) is 5.26 Å². The average molecular weight is 407 g/mol. The summed E-state index contributed by atoms with van der Waals surface area (Å²) < 4.78 is 29.5. The third-order valence-corrected chi connectivity index (χ3v) is 5.70. The molecule has 0 bridgehead atoms. The highest BCUT2D eigenvalue weighted by atomic mass is 19.3. The Morgan fingerprint density at radius 3 is 2.57 bits per heavy atom. The van der Waals surface area contributed by atoms with Crippen LogP contribution in [0.1, 0.15) is 50.3 Å². The minimum absolute atomic E-state index is 0.00417. The number of aromatic nitrogens is 3. The predicted octanol–water partition coefficient (Wildman–Crippen LogP) is 5.33. The molecule has 30 heavy (non-hydrogen) atoms. The largest absolute Gasteiger partial charge is 0.365 e. The lowest BCUT2D eigenvalue weighted by Crippen LogP contribution is -2.31. The molecule has 5 nitrogen and oxygen atoms in total. The Labute approximate surface area is 174 Å². The molecule has 1 N–H and O–H groups in total. The highest BCUT2D eigenvalue weighted by Gasteiger charge is 2.45. The molecule has 0 aliphatic heterocycles. The predicted molar refractivity (Wildman–Crippen MR) is 111 cm³/mol. The van der Waals surface area contributed by atoms with E-state index >= 15 is 0 Å². The first-order valence-electron chi connectivity index (χ1n) is 9.90. The van der Waals surface area contributed by atoms with Crippen LogP contribution in [-0.2, 0) is 17.9 Å². The zero-order valence-corrected chi connectivity index (χ0v) is 17.2. The second-order valence-corrected chi connectivity index (χ2v) is 8.89. The molecule has 0 spiro atoms. The highest BCUT2D eigenvalue weighted by molar-refractivity contribution is 5.86. The maximum absolute atomic E-state index is 14.7. The quantitative estimate of drug-likeness (QED) is 0.619. The van der Waals surface area contributed by atoms with Crippen molar-refractivity contribution in [1.82, 2.24) is 15.0 Å². The van der Waals surface area contributed by atoms with Crippen molar-refractivity contribution in [2.24, 2.45) is 5.41 Å². The smallest absolute Gasteiger partial charge is 0.277 e. The first kappa shape index (κ1) is 20.1. The molecule has 1 aromatic carbocycles. The molecule has 0 atom stereocenters. The summed E-state index contributed by atoms with van der Waals surface area (Å²) in [5, 5.41) is 13.4. The number of alkyl halides is 2. The van der Waals surface area contributed by atoms with Crippen LogP contribution in [0.4, 0.5) is 14.6 Å². The van der Waals surface area contributed by atoms with Gasteiger partial charge in [0.1, 0.15) is 12.1 Å². The van der Waals surface area contributed by atoms with Gasteiger partial charge in [-0.05, 0) is 36.1 Å². The van der Waals surface area contributed by atoms with Crippen molar-refractivity contribution >= 4 is 16.9 Å². The third-order valence-electron chi connectivity index (χ3n) is 5.70. The van der Waals surface area contributed by atoms with Gasteiger partial charge < -0.3 is 5.32 Å². The molecular formula is C23H23F2N5. The lowest BCUT2D eigenvalue weighted by molar-refractivity contribution is -0.104. The van der Waals surface area contributed by atoms with Gasteiger partial charge in [0.25, 0.3) is 5.92 Å². The molecule has 3 aromatic rings. The van der Waals surface area contributed by atoms with E-state index in [9.17, 15) is 14.0 Å². The molecule has 0 unspecified atom stereocenters. The summed E-state index contributed by atoms with van der Waals surface area (Å²) in [6.45, 7) is 4.92. The van der Waals surface area contributed by atoms with Gasteiger partial charge in [0.15, 0.2) is 5.65 Å². The number of anilines is 1. The van der Waals surface area contributed by atoms with E-state index < -0.39 is 16.8 Å². The molecule has 1 aliphatic carbocycles. The molecule has 2 aromatic heterocycles. The summed E-state index contributed by atoms with van der Waals surface area (Å²) in [5.41, 5.74) is 0.476. The minimum atomic E-state index is -2.95. The van der Waals surface area contributed by atoms with Crippen molar-refractivity contribution in [2.45, 2.75) is 51.5 Å². The maximum Gasteiger partial charge on any atom is 0.277 e. The van der Waals surface area contributed by atoms with Gasteiger partial charge in [0.05, 0.1) is 16.9 Å². The van der Waals surface area contributed by atoms with E-state index in [1.165, 1.54) is 39.2 Å². The second-order valence-electron chi connectivity index (χ2n) is 8.89. The Morgan fingerprint density at radius 2 is 1.90 bits per heavy atom. The Hall–Kier alpha value is -3.14. The van der Waals surface area contributed by atoms with Crippen molar-refractivity contribution in [2.75, 3.05) is 5.32 Å². The van der Waals surface area contributed by atoms with Crippen LogP contribution < -0.4 is 5.32 Å². The zero-order chi connectivity index (χ0) is 21.6. The molecule has 7 heteroatoms. The number of fused-ring (bicyclic) bond motifs is 1. The summed E-state index contributed by atoms with van der Waals surface area (Å²) >= 11 is 0. The summed E-state index contributed by atoms with van der Waals surface area (Å²) in [6, 6.07) is 10.7. The number of hydrogen-bond donors (Lipinski definition) is 1. The van der Waals surface area contributed by atoms with Gasteiger partial charge in [0, 0.05) is 23.7 Å². The van der Waals surface area contributed by atoms with Gasteiger partial charge in [-0.2, -0.15) is 5.26 Å². The summed E-state index contributed by atoms with van der Waals surface area (Å²) in [4.78, 5) is 12.9. The van der Waals surface area contributed by atoms with Crippen LogP contribution in [0.3, 0.4) is 0 Å². The van der Waals surface area contributed by atoms with Crippen LogP contribution in [0.5, 0.6) is 0 Å². The summed E-state index contributed by atoms with van der Waals surface area (Å²) in [5.74, 6) is -2.38. The van der Waals surface area contributed by atoms with E-state index in [1.54, 1.807) is 18.3 Å². The molecule has 1 fully saturated rings. The van der Waals surface area contributed by atoms with E-state index in [4.69, 9.17) is 0 Å². The Kier molecular flexibility index (Phi) is 4.69. The Morgan fingerprint density at radius 1 is 1.13 bits per heavy atom. The highest BCUT2D eigenvalue weighted by Crippen LogP contribution is 2.48. The second kappa shape index (κ2) is 6.98. The van der Waals surface area contributed by atoms with Crippen LogP contribution in [0.15, 0.2) is 42.9 Å². The number of benzene rings is 1. The topological polar surface area (TPSA) is 74.5 Å². The van der Waals surface area contributed by atoms with Gasteiger partial charge in [-0.1, -0.05) is 39.0 Å². The number of halogens is 2. The van der Waals surface area contributed by atoms with E-state index in [0.29, 0.717) is 23.4 Å². The first-order chi connectivity index (χ1) is 14.2. The van der Waals surface area contributed by atoms with Gasteiger partial charge >= 0.3 is 0 Å². The van der Waals surface area contributed by atoms with Crippen LogP contribution in [0.2, 0.25) is 0 Å². The summed E-state index contributed by atoms with van der Waals surface area (Å²) in [6.07, 6.45) is 4.76. The molecule has 4 rings (SSSR count). The van der Waals surface area contributed by atoms with Crippen molar-refractivity contribution < 1.29 is 8.78 Å². The molecule has 1 saturated carbocycles. The SMILES string of the molecule is CC(C)(C)C(F)(F)c1cccc(CNc2ncnc3ncc(C4(C#N)CC4)cc23)c1. The lowest BCUT2D eigenvalue weighted by atomic mass is 9.83. The third kappa shape index (κ3) is 3.47. The van der Waals surface area contributed by atoms with Crippen LogP contribution in [-0.4, -0.2) is 15.0 Å². The van der Waals surface area contributed by atoms with E-state index in [0.717, 1.165) is 24.0 Å². The first-order valence-corrected chi connectivity index (χ1v) is 9.90. The van der Waals surface area contributed by atoms with E-state index in [2.05, 4.69) is 26.3 Å². The minimum Gasteiger partial charge on any atom is -0.365 e. The molecule has 154 valence electrons. The fraction of sp³-hybridized carbons (Fsp3) is 0.391. The van der Waals surface area contributed by atoms with Gasteiger partial charge in [-0.15, -0.1) is 0 Å². The monoisotopic (exact) mass is 407 g/mol. The molecule has 0 amide bonds. The van der Waals surface area contributed by atoms with Crippen molar-refractivity contribution in [3.8, 4) is 6.07 Å². The van der Waals surface area contributed by atoms with Crippen LogP contribution >= 0.6 is 0 Å². The molecular weight excluding hydrogens is 384 g/mol. The zero-order valence-electron chi connectivity index (χ0n) is 17.2. The maximum atomic E-state index is 14.7.